The molecule has 38 heavy (non-hydrogen) atoms. The summed E-state index contributed by atoms with van der Waals surface area (Å²) in [5.74, 6) is -0.218. The Morgan fingerprint density at radius 2 is 1.92 bits per heavy atom. The van der Waals surface area contributed by atoms with Gasteiger partial charge in [-0.15, -0.1) is 0 Å². The number of allylic oxidation sites excluding steroid dienone is 2. The highest BCUT2D eigenvalue weighted by molar-refractivity contribution is 8.03. The number of nitrogens with one attached hydrogen (secondary N) is 3. The van der Waals surface area contributed by atoms with Crippen LogP contribution in [0.2, 0.25) is 5.02 Å². The zero-order valence-corrected chi connectivity index (χ0v) is 22.3. The molecule has 0 saturated carbocycles. The molecule has 0 aliphatic carbocycles. The Morgan fingerprint density at radius 1 is 1.13 bits per heavy atom. The summed E-state index contributed by atoms with van der Waals surface area (Å²) in [5, 5.41) is 20.0. The Morgan fingerprint density at radius 3 is 2.58 bits per heavy atom. The summed E-state index contributed by atoms with van der Waals surface area (Å²) in [5.41, 5.74) is 2.33. The van der Waals surface area contributed by atoms with E-state index in [4.69, 9.17) is 20.8 Å². The molecular weight excluding hydrogens is 524 g/mol. The number of amides is 2. The molecule has 1 atom stereocenters. The van der Waals surface area contributed by atoms with Crippen LogP contribution >= 0.6 is 23.4 Å². The summed E-state index contributed by atoms with van der Waals surface area (Å²) in [4.78, 5) is 26.0. The van der Waals surface area contributed by atoms with Crippen LogP contribution in [0.25, 0.3) is 0 Å². The fraction of sp³-hybridized carbons (Fsp3) is 0.179. The van der Waals surface area contributed by atoms with E-state index < -0.39 is 5.92 Å². The summed E-state index contributed by atoms with van der Waals surface area (Å²) < 4.78 is 11.1. The normalized spacial score (nSPS) is 14.9. The second-order valence-electron chi connectivity index (χ2n) is 8.23. The summed E-state index contributed by atoms with van der Waals surface area (Å²) in [6, 6.07) is 19.5. The van der Waals surface area contributed by atoms with Crippen LogP contribution < -0.4 is 20.7 Å². The van der Waals surface area contributed by atoms with E-state index in [0.29, 0.717) is 50.8 Å². The highest BCUT2D eigenvalue weighted by Crippen LogP contribution is 2.41. The van der Waals surface area contributed by atoms with Gasteiger partial charge >= 0.3 is 0 Å². The van der Waals surface area contributed by atoms with Crippen LogP contribution in [0.15, 0.2) is 93.2 Å². The Labute approximate surface area is 229 Å². The van der Waals surface area contributed by atoms with Gasteiger partial charge in [0.05, 0.1) is 46.8 Å². The zero-order valence-electron chi connectivity index (χ0n) is 20.7. The first-order valence-electron chi connectivity index (χ1n) is 11.8. The van der Waals surface area contributed by atoms with Gasteiger partial charge in [0, 0.05) is 22.1 Å². The average Bonchev–Trinajstić information content (AvgIpc) is 3.43. The van der Waals surface area contributed by atoms with Gasteiger partial charge in [0.15, 0.2) is 0 Å². The van der Waals surface area contributed by atoms with Gasteiger partial charge in [-0.3, -0.25) is 9.59 Å². The van der Waals surface area contributed by atoms with Crippen molar-refractivity contribution in [1.29, 1.82) is 5.26 Å². The largest absolute Gasteiger partial charge is 0.494 e. The number of nitrogens with zero attached hydrogens (tertiary/aromatic N) is 1. The van der Waals surface area contributed by atoms with Crippen molar-refractivity contribution < 1.29 is 18.7 Å². The molecule has 8 nitrogen and oxygen atoms in total. The van der Waals surface area contributed by atoms with Crippen molar-refractivity contribution in [2.75, 3.05) is 23.0 Å². The van der Waals surface area contributed by atoms with Crippen molar-refractivity contribution in [3.8, 4) is 11.8 Å². The van der Waals surface area contributed by atoms with Gasteiger partial charge < -0.3 is 25.1 Å². The molecule has 1 aliphatic rings. The third-order valence-corrected chi connectivity index (χ3v) is 6.85. The Balaban J connectivity index is 1.55. The highest BCUT2D eigenvalue weighted by Gasteiger charge is 2.36. The minimum Gasteiger partial charge on any atom is -0.494 e. The van der Waals surface area contributed by atoms with E-state index >= 15 is 0 Å². The number of hydrogen-bond donors (Lipinski definition) is 3. The van der Waals surface area contributed by atoms with Gasteiger partial charge in [0.1, 0.15) is 11.5 Å². The predicted octanol–water partition coefficient (Wildman–Crippen LogP) is 6.04. The number of benzene rings is 2. The molecule has 4 rings (SSSR count). The zero-order chi connectivity index (χ0) is 27.1. The Kier molecular flexibility index (Phi) is 8.79. The number of carbonyl (C=O) groups excluding carboxylic acids is 2. The average molecular weight is 549 g/mol. The van der Waals surface area contributed by atoms with E-state index in [0.717, 1.165) is 0 Å². The van der Waals surface area contributed by atoms with E-state index in [-0.39, 0.29) is 23.1 Å². The number of rotatable bonds is 9. The fourth-order valence-electron chi connectivity index (χ4n) is 3.97. The molecule has 10 heteroatoms. The first kappa shape index (κ1) is 26.9. The molecule has 3 N–H and O–H groups in total. The second-order valence-corrected chi connectivity index (χ2v) is 9.65. The van der Waals surface area contributed by atoms with Gasteiger partial charge in [0.25, 0.3) is 5.91 Å². The first-order chi connectivity index (χ1) is 18.4. The number of carbonyl (C=O) groups is 2. The fourth-order valence-corrected chi connectivity index (χ4v) is 5.05. The topological polar surface area (TPSA) is 116 Å². The van der Waals surface area contributed by atoms with E-state index in [1.807, 2.05) is 6.92 Å². The number of anilines is 2. The number of nitriles is 1. The summed E-state index contributed by atoms with van der Waals surface area (Å²) >= 11 is 7.16. The molecule has 0 saturated heterocycles. The summed E-state index contributed by atoms with van der Waals surface area (Å²) in [7, 11) is 0. The minimum absolute atomic E-state index is 0.0336. The van der Waals surface area contributed by atoms with Crippen molar-refractivity contribution in [2.45, 2.75) is 19.8 Å². The molecule has 0 unspecified atom stereocenters. The van der Waals surface area contributed by atoms with Crippen molar-refractivity contribution >= 4 is 46.6 Å². The van der Waals surface area contributed by atoms with Gasteiger partial charge in [-0.25, -0.2) is 0 Å². The van der Waals surface area contributed by atoms with E-state index in [9.17, 15) is 14.9 Å². The van der Waals surface area contributed by atoms with Gasteiger partial charge in [-0.2, -0.15) is 5.26 Å². The number of halogens is 1. The molecule has 2 heterocycles. The number of hydrogen-bond acceptors (Lipinski definition) is 7. The Hall–Kier alpha value is -4.13. The van der Waals surface area contributed by atoms with Gasteiger partial charge in [0.2, 0.25) is 5.91 Å². The lowest BCUT2D eigenvalue weighted by atomic mass is 9.85. The number of dihydropyridines is 1. The lowest BCUT2D eigenvalue weighted by Gasteiger charge is -2.28. The van der Waals surface area contributed by atoms with Crippen molar-refractivity contribution in [1.82, 2.24) is 5.32 Å². The number of furan rings is 1. The lowest BCUT2D eigenvalue weighted by Crippen LogP contribution is -2.31. The lowest BCUT2D eigenvalue weighted by molar-refractivity contribution is -0.114. The van der Waals surface area contributed by atoms with Crippen LogP contribution in [0.1, 0.15) is 25.5 Å². The molecule has 2 amide bonds. The monoisotopic (exact) mass is 548 g/mol. The molecule has 194 valence electrons. The highest BCUT2D eigenvalue weighted by atomic mass is 35.5. The molecule has 0 spiro atoms. The van der Waals surface area contributed by atoms with Crippen LogP contribution in [0.5, 0.6) is 5.75 Å². The minimum atomic E-state index is -0.752. The molecule has 0 fully saturated rings. The van der Waals surface area contributed by atoms with Crippen LogP contribution in [0.3, 0.4) is 0 Å². The molecule has 1 aromatic heterocycles. The van der Waals surface area contributed by atoms with Crippen molar-refractivity contribution in [3.05, 3.63) is 99.6 Å². The van der Waals surface area contributed by atoms with Crippen LogP contribution in [-0.4, -0.2) is 24.2 Å². The van der Waals surface area contributed by atoms with Crippen molar-refractivity contribution in [2.24, 2.45) is 0 Å². The van der Waals surface area contributed by atoms with Crippen molar-refractivity contribution in [3.63, 3.8) is 0 Å². The summed E-state index contributed by atoms with van der Waals surface area (Å²) in [6.45, 7) is 4.19. The van der Waals surface area contributed by atoms with Crippen LogP contribution in [0.4, 0.5) is 11.4 Å². The maximum Gasteiger partial charge on any atom is 0.254 e. The van der Waals surface area contributed by atoms with Gasteiger partial charge in [-0.05, 0) is 68.4 Å². The second kappa shape index (κ2) is 12.4. The maximum atomic E-state index is 13.5. The van der Waals surface area contributed by atoms with E-state index in [1.54, 1.807) is 67.6 Å². The maximum absolute atomic E-state index is 13.5. The number of ether oxygens (including phenoxy) is 1. The Bertz CT molecular complexity index is 1430. The molecule has 0 bridgehead atoms. The quantitative estimate of drug-likeness (QED) is 0.298. The van der Waals surface area contributed by atoms with E-state index in [2.05, 4.69) is 22.0 Å². The van der Waals surface area contributed by atoms with Crippen LogP contribution in [0, 0.1) is 11.3 Å². The number of thioether (sulfide) groups is 1. The first-order valence-corrected chi connectivity index (χ1v) is 13.1. The third-order valence-electron chi connectivity index (χ3n) is 5.60. The van der Waals surface area contributed by atoms with E-state index in [1.165, 1.54) is 18.0 Å². The van der Waals surface area contributed by atoms with Gasteiger partial charge in [-0.1, -0.05) is 29.4 Å². The molecule has 1 aliphatic heterocycles. The molecule has 3 aromatic rings. The smallest absolute Gasteiger partial charge is 0.254 e. The summed E-state index contributed by atoms with van der Waals surface area (Å²) in [6.07, 6.45) is 1.49. The van der Waals surface area contributed by atoms with Crippen LogP contribution in [-0.2, 0) is 9.59 Å². The molecule has 0 radical (unpaired) electrons. The molecular formula is C28H25ClN4O4S. The SMILES string of the molecule is CCOc1ccc(NC(=O)C2=C(C)NC(SCC(=O)Nc3cccc(Cl)c3)=C(C#N)[C@@H]2c2ccco2)cc1. The third kappa shape index (κ3) is 6.40. The predicted molar refractivity (Wildman–Crippen MR) is 149 cm³/mol. The molecule has 2 aromatic carbocycles. The standard InChI is InChI=1S/C28H25ClN4O4S/c1-3-36-21-11-9-19(10-12-21)33-27(35)25-17(2)31-28(22(15-30)26(25)23-8-5-13-37-23)38-16-24(34)32-20-7-4-6-18(29)14-20/h4-14,26,31H,3,16H2,1-2H3,(H,32,34)(H,33,35)/t26-/m1/s1.